The van der Waals surface area contributed by atoms with E-state index in [4.69, 9.17) is 29.2 Å². The van der Waals surface area contributed by atoms with Crippen LogP contribution in [0, 0.1) is 33.5 Å². The van der Waals surface area contributed by atoms with Crippen molar-refractivity contribution >= 4 is 34.2 Å². The lowest BCUT2D eigenvalue weighted by Gasteiger charge is -2.13. The number of anilines is 2. The number of nitrogens with zero attached hydrogens (tertiary/aromatic N) is 5. The zero-order valence-electron chi connectivity index (χ0n) is 33.1. The molecule has 2 unspecified atom stereocenters. The summed E-state index contributed by atoms with van der Waals surface area (Å²) < 4.78 is 36.7. The molecule has 2 aliphatic rings. The summed E-state index contributed by atoms with van der Waals surface area (Å²) in [5.74, 6) is 1.73. The zero-order chi connectivity index (χ0) is 40.8. The second-order valence-corrected chi connectivity index (χ2v) is 14.6. The van der Waals surface area contributed by atoms with Crippen molar-refractivity contribution in [2.24, 2.45) is 0 Å². The molecule has 8 rings (SSSR count). The number of ether oxygens (including phenoxy) is 2. The van der Waals surface area contributed by atoms with Crippen molar-refractivity contribution < 1.29 is 32.5 Å². The van der Waals surface area contributed by atoms with Crippen molar-refractivity contribution in [3.05, 3.63) is 95.0 Å². The number of fused-ring (bicyclic) bond motifs is 1. The van der Waals surface area contributed by atoms with E-state index in [-0.39, 0.29) is 42.8 Å². The third-order valence-electron chi connectivity index (χ3n) is 10.3. The molecule has 6 heterocycles. The minimum Gasteiger partial charge on any atom is -0.397 e. The van der Waals surface area contributed by atoms with Crippen molar-refractivity contribution in [2.75, 3.05) is 44.0 Å². The largest absolute Gasteiger partial charge is 0.397 e. The van der Waals surface area contributed by atoms with Crippen molar-refractivity contribution in [3.63, 3.8) is 0 Å². The smallest absolute Gasteiger partial charge is 0.240 e. The van der Waals surface area contributed by atoms with E-state index in [0.29, 0.717) is 45.0 Å². The highest BCUT2D eigenvalue weighted by molar-refractivity contribution is 5.86. The summed E-state index contributed by atoms with van der Waals surface area (Å²) in [5, 5.41) is 17.1. The second kappa shape index (κ2) is 18.0. The van der Waals surface area contributed by atoms with Gasteiger partial charge < -0.3 is 44.8 Å². The molecule has 0 saturated carbocycles. The Morgan fingerprint density at radius 2 is 1.47 bits per heavy atom. The van der Waals surface area contributed by atoms with E-state index in [1.807, 2.05) is 68.7 Å². The zero-order valence-corrected chi connectivity index (χ0v) is 33.1. The topological polar surface area (TPSA) is 197 Å². The van der Waals surface area contributed by atoms with Gasteiger partial charge in [-0.25, -0.2) is 9.37 Å². The summed E-state index contributed by atoms with van der Waals surface area (Å²) in [6.45, 7) is 10.4. The van der Waals surface area contributed by atoms with Gasteiger partial charge in [-0.3, -0.25) is 14.6 Å². The number of rotatable bonds is 12. The lowest BCUT2D eigenvalue weighted by molar-refractivity contribution is -0.122. The van der Waals surface area contributed by atoms with Gasteiger partial charge in [0.2, 0.25) is 11.8 Å². The number of carbonyl (C=O) groups excluding carboxylic acids is 2. The van der Waals surface area contributed by atoms with E-state index in [1.54, 1.807) is 6.20 Å². The van der Waals surface area contributed by atoms with E-state index < -0.39 is 0 Å². The first-order chi connectivity index (χ1) is 28.0. The number of hydrogen-bond donors (Lipinski definition) is 4. The van der Waals surface area contributed by atoms with Gasteiger partial charge in [0.15, 0.2) is 0 Å². The summed E-state index contributed by atoms with van der Waals surface area (Å²) >= 11 is 0. The molecule has 6 aromatic rings. The van der Waals surface area contributed by atoms with Crippen LogP contribution in [-0.4, -0.2) is 81.7 Å². The van der Waals surface area contributed by atoms with E-state index in [2.05, 4.69) is 31.2 Å². The minimum atomic E-state index is -0.367. The van der Waals surface area contributed by atoms with Crippen LogP contribution in [0.2, 0.25) is 0 Å². The lowest BCUT2D eigenvalue weighted by Crippen LogP contribution is -2.38. The van der Waals surface area contributed by atoms with Gasteiger partial charge in [0.1, 0.15) is 29.7 Å². The molecule has 0 bridgehead atoms. The van der Waals surface area contributed by atoms with Crippen LogP contribution in [0.1, 0.15) is 47.1 Å². The number of aromatic nitrogens is 5. The predicted molar refractivity (Wildman–Crippen MR) is 215 cm³/mol. The van der Waals surface area contributed by atoms with Crippen LogP contribution in [0.25, 0.3) is 33.3 Å². The Morgan fingerprint density at radius 3 is 2.05 bits per heavy atom. The highest BCUT2D eigenvalue weighted by Crippen LogP contribution is 2.32. The maximum absolute atomic E-state index is 13.6. The summed E-state index contributed by atoms with van der Waals surface area (Å²) in [7, 11) is 0. The maximum Gasteiger partial charge on any atom is 0.240 e. The Balaban J connectivity index is 0.000000188. The quantitative estimate of drug-likeness (QED) is 0.116. The Morgan fingerprint density at radius 1 is 0.828 bits per heavy atom. The molecule has 16 heteroatoms. The Bertz CT molecular complexity index is 2350. The molecule has 58 heavy (non-hydrogen) atoms. The molecular formula is C42H48FN9O6. The van der Waals surface area contributed by atoms with Gasteiger partial charge >= 0.3 is 0 Å². The fourth-order valence-electron chi connectivity index (χ4n) is 7.39. The molecule has 2 saturated heterocycles. The Hall–Kier alpha value is -6.13. The molecule has 2 aliphatic heterocycles. The number of imidazole rings is 1. The number of halogens is 1. The van der Waals surface area contributed by atoms with Gasteiger partial charge in [0.05, 0.1) is 71.8 Å². The number of aryl methyl sites for hydroxylation is 6. The maximum atomic E-state index is 13.6. The van der Waals surface area contributed by atoms with Crippen LogP contribution in [0.3, 0.4) is 0 Å². The highest BCUT2D eigenvalue weighted by Gasteiger charge is 2.22. The number of pyridine rings is 1. The summed E-state index contributed by atoms with van der Waals surface area (Å²) in [6.07, 6.45) is 5.62. The SMILES string of the molecule is Cc1noc(C)c1-c1ccc(NCC(=O)NC2CCOC2)c(N)c1.Cc1noc(C)c1-c1ccc2c(c1)nc(CCc1cncc(F)c1)n2CC(=O)NC1CCOC1. The molecule has 2 amide bonds. The standard InChI is InChI=1S/C25H26FN5O3.C17H22N4O3/c1-15-25(16(2)34-30-15)18-4-5-22-21(10-18)29-23(6-3-17-9-19(26)12-27-11-17)31(22)13-24(32)28-20-7-8-33-14-20;1-10-17(11(2)24-21-10)12-3-4-15(14(18)7-12)19-8-16(22)20-13-5-6-23-9-13/h4-5,9-12,20H,3,6-8,13-14H2,1-2H3,(H,28,32);3-4,7,13,19H,5-6,8-9,18H2,1-2H3,(H,20,22). The first kappa shape index (κ1) is 40.1. The van der Waals surface area contributed by atoms with E-state index in [1.165, 1.54) is 12.3 Å². The molecule has 2 fully saturated rings. The summed E-state index contributed by atoms with van der Waals surface area (Å²) in [6, 6.07) is 13.2. The molecule has 4 aromatic heterocycles. The van der Waals surface area contributed by atoms with E-state index in [9.17, 15) is 14.0 Å². The second-order valence-electron chi connectivity index (χ2n) is 14.6. The van der Waals surface area contributed by atoms with Crippen molar-refractivity contribution in [3.8, 4) is 22.3 Å². The monoisotopic (exact) mass is 793 g/mol. The first-order valence-electron chi connectivity index (χ1n) is 19.3. The van der Waals surface area contributed by atoms with Gasteiger partial charge in [0, 0.05) is 37.0 Å². The lowest BCUT2D eigenvalue weighted by atomic mass is 10.0. The van der Waals surface area contributed by atoms with E-state index >= 15 is 0 Å². The van der Waals surface area contributed by atoms with Crippen LogP contribution in [0.15, 0.2) is 63.9 Å². The Kier molecular flexibility index (Phi) is 12.4. The molecule has 0 radical (unpaired) electrons. The molecule has 5 N–H and O–H groups in total. The number of nitrogens with one attached hydrogen (secondary N) is 3. The number of amides is 2. The first-order valence-corrected chi connectivity index (χ1v) is 19.3. The van der Waals surface area contributed by atoms with Gasteiger partial charge in [0.25, 0.3) is 0 Å². The molecular weight excluding hydrogens is 746 g/mol. The molecule has 0 spiro atoms. The molecule has 0 aliphatic carbocycles. The number of hydrogen-bond acceptors (Lipinski definition) is 12. The fraction of sp³-hybridized carbons (Fsp3) is 0.381. The van der Waals surface area contributed by atoms with Gasteiger partial charge in [-0.2, -0.15) is 0 Å². The number of nitrogens with two attached hydrogens (primary N) is 1. The summed E-state index contributed by atoms with van der Waals surface area (Å²) in [4.78, 5) is 33.6. The summed E-state index contributed by atoms with van der Waals surface area (Å²) in [5.41, 5.74) is 15.3. The molecule has 15 nitrogen and oxygen atoms in total. The van der Waals surface area contributed by atoms with Crippen molar-refractivity contribution in [2.45, 2.75) is 72.0 Å². The van der Waals surface area contributed by atoms with Crippen LogP contribution < -0.4 is 21.7 Å². The third-order valence-corrected chi connectivity index (χ3v) is 10.3. The predicted octanol–water partition coefficient (Wildman–Crippen LogP) is 5.39. The highest BCUT2D eigenvalue weighted by atomic mass is 19.1. The molecule has 304 valence electrons. The number of nitrogen functional groups attached to an aromatic ring is 1. The van der Waals surface area contributed by atoms with E-state index in [0.717, 1.165) is 86.1 Å². The van der Waals surface area contributed by atoms with Gasteiger partial charge in [-0.05, 0) is 94.0 Å². The van der Waals surface area contributed by atoms with Gasteiger partial charge in [-0.1, -0.05) is 22.4 Å². The fourth-order valence-corrected chi connectivity index (χ4v) is 7.39. The normalized spacial score (nSPS) is 16.3. The van der Waals surface area contributed by atoms with Crippen LogP contribution in [0.5, 0.6) is 0 Å². The number of benzene rings is 2. The van der Waals surface area contributed by atoms with Crippen LogP contribution >= 0.6 is 0 Å². The van der Waals surface area contributed by atoms with Crippen LogP contribution in [-0.2, 0) is 38.4 Å². The molecule has 2 aromatic carbocycles. The van der Waals surface area contributed by atoms with Crippen molar-refractivity contribution in [1.82, 2.24) is 35.5 Å². The van der Waals surface area contributed by atoms with Gasteiger partial charge in [-0.15, -0.1) is 0 Å². The average Bonchev–Trinajstić information content (AvgIpc) is 4.05. The minimum absolute atomic E-state index is 0.0373. The number of carbonyl (C=O) groups is 2. The van der Waals surface area contributed by atoms with Crippen molar-refractivity contribution in [1.29, 1.82) is 0 Å². The average molecular weight is 794 g/mol. The van der Waals surface area contributed by atoms with Crippen LogP contribution in [0.4, 0.5) is 15.8 Å². The Labute approximate surface area is 334 Å². The third kappa shape index (κ3) is 9.52. The molecule has 2 atom stereocenters.